The van der Waals surface area contributed by atoms with Crippen LogP contribution in [-0.4, -0.2) is 85.6 Å². The molecule has 16 nitrogen and oxygen atoms in total. The molecular formula is C20H24N8O8S. The van der Waals surface area contributed by atoms with E-state index in [9.17, 15) is 33.2 Å². The molecule has 3 rings (SSSR count). The number of nitrogens with zero attached hydrogens (tertiary/aromatic N) is 5. The molecule has 1 aromatic carbocycles. The Bertz CT molecular complexity index is 1390. The van der Waals surface area contributed by atoms with Gasteiger partial charge in [-0.05, 0) is 12.1 Å². The predicted molar refractivity (Wildman–Crippen MR) is 131 cm³/mol. The van der Waals surface area contributed by atoms with Gasteiger partial charge in [0.1, 0.15) is 17.6 Å². The van der Waals surface area contributed by atoms with Gasteiger partial charge in [-0.3, -0.25) is 19.9 Å². The van der Waals surface area contributed by atoms with Crippen LogP contribution in [-0.2, 0) is 19.4 Å². The highest BCUT2D eigenvalue weighted by Crippen LogP contribution is 2.37. The standard InChI is InChI=1S/C20H24N8O8S/c1-27(2)11-6-10(16-22-4-5-23-16)7-12(8-11)36-18-15(28(32)33)17(25-20(26-18)37(3,34)35)24-13(19(30)31)9-14(21)29/h6-8,13H,4-5,9H2,1-3H3,(H2,21,29)(H,22,23)(H,30,31)(H,24,25,26). The monoisotopic (exact) mass is 536 g/mol. The van der Waals surface area contributed by atoms with E-state index in [4.69, 9.17) is 10.5 Å². The van der Waals surface area contributed by atoms with Crippen molar-refractivity contribution in [2.75, 3.05) is 43.7 Å². The number of sulfone groups is 1. The molecule has 37 heavy (non-hydrogen) atoms. The molecule has 0 saturated carbocycles. The van der Waals surface area contributed by atoms with Gasteiger partial charge in [0.05, 0.1) is 17.9 Å². The second-order valence-electron chi connectivity index (χ2n) is 8.11. The maximum absolute atomic E-state index is 12.2. The Hall–Kier alpha value is -4.54. The number of hydrogen-bond donors (Lipinski definition) is 4. The van der Waals surface area contributed by atoms with Gasteiger partial charge in [-0.2, -0.15) is 9.97 Å². The number of anilines is 2. The van der Waals surface area contributed by atoms with Crippen molar-refractivity contribution in [2.24, 2.45) is 10.7 Å². The highest BCUT2D eigenvalue weighted by molar-refractivity contribution is 7.90. The summed E-state index contributed by atoms with van der Waals surface area (Å²) in [6.07, 6.45) is -0.00126. The molecule has 198 valence electrons. The lowest BCUT2D eigenvalue weighted by atomic mass is 10.1. The van der Waals surface area contributed by atoms with Gasteiger partial charge in [0.25, 0.3) is 5.16 Å². The molecule has 2 heterocycles. The van der Waals surface area contributed by atoms with Gasteiger partial charge >= 0.3 is 17.5 Å². The fourth-order valence-electron chi connectivity index (χ4n) is 3.22. The Morgan fingerprint density at radius 1 is 1.32 bits per heavy atom. The molecule has 5 N–H and O–H groups in total. The second kappa shape index (κ2) is 10.6. The number of hydrogen-bond acceptors (Lipinski definition) is 13. The fourth-order valence-corrected chi connectivity index (χ4v) is 3.73. The number of aliphatic imine (C=N–C) groups is 1. The van der Waals surface area contributed by atoms with E-state index in [0.717, 1.165) is 6.26 Å². The summed E-state index contributed by atoms with van der Waals surface area (Å²) >= 11 is 0. The molecule has 1 amide bonds. The van der Waals surface area contributed by atoms with Gasteiger partial charge in [0.2, 0.25) is 21.6 Å². The highest BCUT2D eigenvalue weighted by Gasteiger charge is 2.33. The van der Waals surface area contributed by atoms with E-state index in [2.05, 4.69) is 25.6 Å². The van der Waals surface area contributed by atoms with Gasteiger partial charge in [0.15, 0.2) is 0 Å². The van der Waals surface area contributed by atoms with Gasteiger partial charge < -0.3 is 31.1 Å². The Labute approximate surface area is 210 Å². The largest absolute Gasteiger partial charge is 0.480 e. The summed E-state index contributed by atoms with van der Waals surface area (Å²) in [7, 11) is -0.629. The summed E-state index contributed by atoms with van der Waals surface area (Å²) in [4.78, 5) is 47.4. The highest BCUT2D eigenvalue weighted by atomic mass is 32.2. The van der Waals surface area contributed by atoms with Crippen LogP contribution in [0.2, 0.25) is 0 Å². The second-order valence-corrected chi connectivity index (χ2v) is 10.0. The molecule has 1 aliphatic rings. The van der Waals surface area contributed by atoms with Crippen LogP contribution in [0.1, 0.15) is 12.0 Å². The third kappa shape index (κ3) is 6.57. The number of ether oxygens (including phenoxy) is 1. The summed E-state index contributed by atoms with van der Waals surface area (Å²) < 4.78 is 30.2. The number of aromatic nitrogens is 2. The number of rotatable bonds is 11. The van der Waals surface area contributed by atoms with Crippen LogP contribution in [0.4, 0.5) is 17.2 Å². The van der Waals surface area contributed by atoms with Crippen LogP contribution >= 0.6 is 0 Å². The van der Waals surface area contributed by atoms with Crippen molar-refractivity contribution in [1.82, 2.24) is 15.3 Å². The first-order chi connectivity index (χ1) is 17.3. The summed E-state index contributed by atoms with van der Waals surface area (Å²) in [5, 5.41) is 25.9. The minimum atomic E-state index is -4.15. The molecule has 0 radical (unpaired) electrons. The maximum Gasteiger partial charge on any atom is 0.373 e. The number of carboxylic acid groups (broad SMARTS) is 1. The number of nitrogens with two attached hydrogens (primary N) is 1. The SMILES string of the molecule is CN(C)c1cc(Oc2nc(S(C)(=O)=O)nc(NC(CC(N)=O)C(=O)O)c2[N+](=O)[O-])cc(C2=NCCN2)c1. The van der Waals surface area contributed by atoms with Crippen molar-refractivity contribution in [1.29, 1.82) is 0 Å². The number of nitro groups is 1. The minimum absolute atomic E-state index is 0.0525. The first-order valence-corrected chi connectivity index (χ1v) is 12.5. The van der Waals surface area contributed by atoms with Crippen molar-refractivity contribution in [3.63, 3.8) is 0 Å². The number of carboxylic acids is 1. The van der Waals surface area contributed by atoms with E-state index in [1.54, 1.807) is 25.1 Å². The average molecular weight is 537 g/mol. The normalized spacial score (nSPS) is 13.8. The molecule has 0 saturated heterocycles. The van der Waals surface area contributed by atoms with E-state index in [0.29, 0.717) is 30.2 Å². The Morgan fingerprint density at radius 2 is 2.03 bits per heavy atom. The van der Waals surface area contributed by atoms with Crippen LogP contribution in [0.15, 0.2) is 28.3 Å². The molecule has 17 heteroatoms. The third-order valence-corrected chi connectivity index (χ3v) is 5.78. The van der Waals surface area contributed by atoms with Crippen molar-refractivity contribution in [3.8, 4) is 11.6 Å². The van der Waals surface area contributed by atoms with Gasteiger partial charge in [-0.25, -0.2) is 13.2 Å². The van der Waals surface area contributed by atoms with E-state index in [1.807, 2.05) is 0 Å². The van der Waals surface area contributed by atoms with E-state index >= 15 is 0 Å². The number of benzene rings is 1. The molecule has 2 aromatic rings. The fraction of sp³-hybridized carbons (Fsp3) is 0.350. The summed E-state index contributed by atoms with van der Waals surface area (Å²) in [5.74, 6) is -3.53. The number of primary amides is 1. The van der Waals surface area contributed by atoms with Crippen molar-refractivity contribution >= 4 is 44.7 Å². The molecule has 0 aliphatic carbocycles. The van der Waals surface area contributed by atoms with Crippen LogP contribution in [0.5, 0.6) is 11.6 Å². The Morgan fingerprint density at radius 3 is 2.54 bits per heavy atom. The third-order valence-electron chi connectivity index (χ3n) is 4.93. The molecule has 0 spiro atoms. The number of carbonyl (C=O) groups is 2. The van der Waals surface area contributed by atoms with Gasteiger partial charge in [-0.15, -0.1) is 0 Å². The maximum atomic E-state index is 12.2. The summed E-state index contributed by atoms with van der Waals surface area (Å²) in [5.41, 5.74) is 5.36. The number of nitrogens with one attached hydrogen (secondary N) is 2. The zero-order valence-corrected chi connectivity index (χ0v) is 20.8. The van der Waals surface area contributed by atoms with Gasteiger partial charge in [-0.1, -0.05) is 0 Å². The average Bonchev–Trinajstić information content (AvgIpc) is 3.32. The van der Waals surface area contributed by atoms with Crippen LogP contribution in [0, 0.1) is 10.1 Å². The van der Waals surface area contributed by atoms with E-state index < -0.39 is 61.6 Å². The molecule has 0 fully saturated rings. The zero-order valence-electron chi connectivity index (χ0n) is 20.0. The van der Waals surface area contributed by atoms with Crippen molar-refractivity contribution < 1.29 is 32.8 Å². The molecular weight excluding hydrogens is 512 g/mol. The number of amidine groups is 1. The lowest BCUT2D eigenvalue weighted by molar-refractivity contribution is -0.385. The van der Waals surface area contributed by atoms with Gasteiger partial charge in [0, 0.05) is 44.2 Å². The van der Waals surface area contributed by atoms with Crippen LogP contribution in [0.25, 0.3) is 0 Å². The lowest BCUT2D eigenvalue weighted by Crippen LogP contribution is -2.34. The minimum Gasteiger partial charge on any atom is -0.480 e. The zero-order chi connectivity index (χ0) is 27.5. The number of carbonyl (C=O) groups excluding carboxylic acids is 1. The first kappa shape index (κ1) is 27.1. The topological polar surface area (TPSA) is 232 Å². The van der Waals surface area contributed by atoms with Crippen LogP contribution in [0.3, 0.4) is 0 Å². The Kier molecular flexibility index (Phi) is 7.76. The van der Waals surface area contributed by atoms with E-state index in [-0.39, 0.29) is 5.75 Å². The quantitative estimate of drug-likeness (QED) is 0.165. The van der Waals surface area contributed by atoms with Crippen molar-refractivity contribution in [2.45, 2.75) is 17.6 Å². The predicted octanol–water partition coefficient (Wildman–Crippen LogP) is -0.263. The molecule has 1 atom stereocenters. The number of amides is 1. The summed E-state index contributed by atoms with van der Waals surface area (Å²) in [6.45, 7) is 1.18. The smallest absolute Gasteiger partial charge is 0.373 e. The van der Waals surface area contributed by atoms with Crippen LogP contribution < -0.4 is 26.0 Å². The first-order valence-electron chi connectivity index (χ1n) is 10.6. The lowest BCUT2D eigenvalue weighted by Gasteiger charge is -2.17. The summed E-state index contributed by atoms with van der Waals surface area (Å²) in [6, 6.07) is 3.11. The van der Waals surface area contributed by atoms with Crippen molar-refractivity contribution in [3.05, 3.63) is 33.9 Å². The number of aliphatic carboxylic acids is 1. The van der Waals surface area contributed by atoms with E-state index in [1.165, 1.54) is 12.1 Å². The molecule has 1 unspecified atom stereocenters. The molecule has 1 aromatic heterocycles. The Balaban J connectivity index is 2.19. The molecule has 0 bridgehead atoms. The molecule has 1 aliphatic heterocycles.